The highest BCUT2D eigenvalue weighted by molar-refractivity contribution is 14.1. The van der Waals surface area contributed by atoms with Crippen molar-refractivity contribution in [3.05, 3.63) is 32.4 Å². The predicted octanol–water partition coefficient (Wildman–Crippen LogP) is 4.42. The molecule has 0 bridgehead atoms. The largest absolute Gasteiger partial charge is 0.387 e. The van der Waals surface area contributed by atoms with Gasteiger partial charge < -0.3 is 5.11 Å². The molecule has 0 aromatic heterocycles. The first-order chi connectivity index (χ1) is 7.79. The summed E-state index contributed by atoms with van der Waals surface area (Å²) < 4.78 is 0.987. The van der Waals surface area contributed by atoms with Gasteiger partial charge in [0.25, 0.3) is 0 Å². The van der Waals surface area contributed by atoms with Crippen molar-refractivity contribution in [3.63, 3.8) is 0 Å². The Hall–Kier alpha value is -0.240. The molecule has 1 unspecified atom stereocenters. The minimum absolute atomic E-state index is 0.0244. The Morgan fingerprint density at radius 3 is 2.59 bits per heavy atom. The van der Waals surface area contributed by atoms with Gasteiger partial charge in [0.05, 0.1) is 11.1 Å². The second kappa shape index (κ2) is 6.08. The van der Waals surface area contributed by atoms with Crippen LogP contribution in [0.4, 0.5) is 0 Å². The van der Waals surface area contributed by atoms with Crippen LogP contribution in [0.5, 0.6) is 0 Å². The summed E-state index contributed by atoms with van der Waals surface area (Å²) in [6.45, 7) is 6.15. The van der Waals surface area contributed by atoms with Crippen molar-refractivity contribution in [2.75, 3.05) is 0 Å². The Kier molecular flexibility index (Phi) is 5.30. The fraction of sp³-hybridized carbons (Fsp3) is 0.429. The first kappa shape index (κ1) is 14.8. The van der Waals surface area contributed by atoms with Gasteiger partial charge in [0.2, 0.25) is 0 Å². The van der Waals surface area contributed by atoms with Gasteiger partial charge in [-0.1, -0.05) is 29.5 Å². The SMILES string of the molecule is CC(C)(C)C#CCC(O)c1ccc(I)c(Cl)c1. The monoisotopic (exact) mass is 362 g/mol. The fourth-order valence-electron chi connectivity index (χ4n) is 1.25. The lowest BCUT2D eigenvalue weighted by Crippen LogP contribution is -2.01. The van der Waals surface area contributed by atoms with Crippen LogP contribution in [0.1, 0.15) is 38.9 Å². The van der Waals surface area contributed by atoms with Gasteiger partial charge in [0.1, 0.15) is 0 Å². The maximum absolute atomic E-state index is 9.97. The molecule has 1 N–H and O–H groups in total. The minimum Gasteiger partial charge on any atom is -0.387 e. The van der Waals surface area contributed by atoms with Gasteiger partial charge in [0, 0.05) is 15.4 Å². The van der Waals surface area contributed by atoms with Crippen molar-refractivity contribution < 1.29 is 5.11 Å². The first-order valence-electron chi connectivity index (χ1n) is 5.42. The van der Waals surface area contributed by atoms with E-state index in [2.05, 4.69) is 34.4 Å². The Bertz CT molecular complexity index is 452. The molecule has 0 saturated carbocycles. The quantitative estimate of drug-likeness (QED) is 0.610. The molecule has 0 aliphatic heterocycles. The summed E-state index contributed by atoms with van der Waals surface area (Å²) in [5.41, 5.74) is 0.794. The van der Waals surface area contributed by atoms with Crippen LogP contribution in [0.15, 0.2) is 18.2 Å². The molecule has 1 rings (SSSR count). The maximum Gasteiger partial charge on any atom is 0.0899 e. The van der Waals surface area contributed by atoms with Crippen molar-refractivity contribution >= 4 is 34.2 Å². The third kappa shape index (κ3) is 5.29. The van der Waals surface area contributed by atoms with E-state index < -0.39 is 6.10 Å². The summed E-state index contributed by atoms with van der Waals surface area (Å²) in [6.07, 6.45) is -0.131. The van der Waals surface area contributed by atoms with Gasteiger partial charge in [-0.3, -0.25) is 0 Å². The lowest BCUT2D eigenvalue weighted by molar-refractivity contribution is 0.184. The average Bonchev–Trinajstić information content (AvgIpc) is 2.20. The molecule has 1 aromatic carbocycles. The van der Waals surface area contributed by atoms with Gasteiger partial charge in [0.15, 0.2) is 0 Å². The van der Waals surface area contributed by atoms with Crippen LogP contribution in [0.25, 0.3) is 0 Å². The Labute approximate surface area is 122 Å². The average molecular weight is 363 g/mol. The number of benzene rings is 1. The molecule has 92 valence electrons. The highest BCUT2D eigenvalue weighted by Gasteiger charge is 2.09. The summed E-state index contributed by atoms with van der Waals surface area (Å²) in [4.78, 5) is 0. The molecule has 3 heteroatoms. The number of aliphatic hydroxyl groups is 1. The maximum atomic E-state index is 9.97. The molecule has 0 radical (unpaired) electrons. The van der Waals surface area contributed by atoms with E-state index in [4.69, 9.17) is 11.6 Å². The molecular formula is C14H16ClIO. The molecule has 0 spiro atoms. The summed E-state index contributed by atoms with van der Waals surface area (Å²) in [5, 5.41) is 10.6. The summed E-state index contributed by atoms with van der Waals surface area (Å²) in [6, 6.07) is 5.59. The molecule has 0 heterocycles. The Morgan fingerprint density at radius 2 is 2.06 bits per heavy atom. The lowest BCUT2D eigenvalue weighted by Gasteiger charge is -2.10. The van der Waals surface area contributed by atoms with E-state index in [0.717, 1.165) is 9.13 Å². The molecule has 0 fully saturated rings. The standard InChI is InChI=1S/C14H16ClIO/c1-14(2,3)8-4-5-13(17)10-6-7-12(16)11(15)9-10/h6-7,9,13,17H,5H2,1-3H3. The predicted molar refractivity (Wildman–Crippen MR) is 81.0 cm³/mol. The van der Waals surface area contributed by atoms with Crippen LogP contribution >= 0.6 is 34.2 Å². The third-order valence-corrected chi connectivity index (χ3v) is 3.66. The number of hydrogen-bond acceptors (Lipinski definition) is 1. The highest BCUT2D eigenvalue weighted by Crippen LogP contribution is 2.24. The molecule has 0 aliphatic carbocycles. The minimum atomic E-state index is -0.570. The molecule has 1 atom stereocenters. The zero-order valence-corrected chi connectivity index (χ0v) is 13.1. The lowest BCUT2D eigenvalue weighted by atomic mass is 9.97. The van der Waals surface area contributed by atoms with Gasteiger partial charge in [-0.2, -0.15) is 0 Å². The van der Waals surface area contributed by atoms with Gasteiger partial charge in [-0.05, 0) is 61.1 Å². The second-order valence-corrected chi connectivity index (χ2v) is 6.51. The zero-order valence-electron chi connectivity index (χ0n) is 10.2. The fourth-order valence-corrected chi connectivity index (χ4v) is 1.77. The van der Waals surface area contributed by atoms with Crippen molar-refractivity contribution in [2.45, 2.75) is 33.3 Å². The Morgan fingerprint density at radius 1 is 1.41 bits per heavy atom. The van der Waals surface area contributed by atoms with Crippen molar-refractivity contribution in [2.24, 2.45) is 5.41 Å². The van der Waals surface area contributed by atoms with Crippen molar-refractivity contribution in [1.82, 2.24) is 0 Å². The van der Waals surface area contributed by atoms with Gasteiger partial charge >= 0.3 is 0 Å². The topological polar surface area (TPSA) is 20.2 Å². The van der Waals surface area contributed by atoms with Gasteiger partial charge in [-0.15, -0.1) is 0 Å². The van der Waals surface area contributed by atoms with Crippen molar-refractivity contribution in [1.29, 1.82) is 0 Å². The van der Waals surface area contributed by atoms with Crippen LogP contribution in [0.3, 0.4) is 0 Å². The van der Waals surface area contributed by atoms with Crippen LogP contribution in [0.2, 0.25) is 5.02 Å². The van der Waals surface area contributed by atoms with E-state index >= 15 is 0 Å². The number of hydrogen-bond donors (Lipinski definition) is 1. The molecule has 0 saturated heterocycles. The van der Waals surface area contributed by atoms with E-state index in [9.17, 15) is 5.11 Å². The molecule has 1 aromatic rings. The van der Waals surface area contributed by atoms with Crippen LogP contribution in [-0.2, 0) is 0 Å². The number of aliphatic hydroxyl groups excluding tert-OH is 1. The normalized spacial score (nSPS) is 12.8. The molecule has 17 heavy (non-hydrogen) atoms. The van der Waals surface area contributed by atoms with E-state index in [1.54, 1.807) is 6.07 Å². The molecule has 1 nitrogen and oxygen atoms in total. The summed E-state index contributed by atoms with van der Waals surface area (Å²) >= 11 is 8.17. The molecule has 0 amide bonds. The number of rotatable bonds is 2. The summed E-state index contributed by atoms with van der Waals surface area (Å²) in [5.74, 6) is 6.12. The van der Waals surface area contributed by atoms with Gasteiger partial charge in [-0.25, -0.2) is 0 Å². The van der Waals surface area contributed by atoms with Crippen LogP contribution in [0, 0.1) is 20.8 Å². The molecular weight excluding hydrogens is 347 g/mol. The van der Waals surface area contributed by atoms with E-state index in [1.165, 1.54) is 0 Å². The van der Waals surface area contributed by atoms with Crippen molar-refractivity contribution in [3.8, 4) is 11.8 Å². The second-order valence-electron chi connectivity index (χ2n) is 4.95. The van der Waals surface area contributed by atoms with E-state index in [-0.39, 0.29) is 5.41 Å². The van der Waals surface area contributed by atoms with Crippen LogP contribution < -0.4 is 0 Å². The number of halogens is 2. The van der Waals surface area contributed by atoms with Crippen LogP contribution in [-0.4, -0.2) is 5.11 Å². The molecule has 0 aliphatic rings. The van der Waals surface area contributed by atoms with E-state index in [0.29, 0.717) is 11.4 Å². The first-order valence-corrected chi connectivity index (χ1v) is 6.88. The highest BCUT2D eigenvalue weighted by atomic mass is 127. The summed E-state index contributed by atoms with van der Waals surface area (Å²) in [7, 11) is 0. The third-order valence-electron chi connectivity index (χ3n) is 2.09. The smallest absolute Gasteiger partial charge is 0.0899 e. The van der Waals surface area contributed by atoms with E-state index in [1.807, 2.05) is 32.9 Å². The zero-order chi connectivity index (χ0) is 13.1. The Balaban J connectivity index is 2.73.